The van der Waals surface area contributed by atoms with Crippen molar-refractivity contribution in [3.63, 3.8) is 0 Å². The fourth-order valence-electron chi connectivity index (χ4n) is 3.98. The van der Waals surface area contributed by atoms with Crippen molar-refractivity contribution in [2.24, 2.45) is 0 Å². The number of carbonyl (C=O) groups is 2. The van der Waals surface area contributed by atoms with E-state index in [1.807, 2.05) is 77.1 Å². The Kier molecular flexibility index (Phi) is 10.3. The molecule has 192 valence electrons. The van der Waals surface area contributed by atoms with Gasteiger partial charge in [0.05, 0.1) is 11.9 Å². The molecule has 2 amide bonds. The van der Waals surface area contributed by atoms with Crippen LogP contribution in [-0.2, 0) is 26.2 Å². The lowest BCUT2D eigenvalue weighted by Crippen LogP contribution is -2.50. The summed E-state index contributed by atoms with van der Waals surface area (Å²) in [6.07, 6.45) is 2.13. The summed E-state index contributed by atoms with van der Waals surface area (Å²) in [6.45, 7) is 10.1. The van der Waals surface area contributed by atoms with Crippen LogP contribution in [0.4, 0.5) is 5.69 Å². The third kappa shape index (κ3) is 8.69. The maximum atomic E-state index is 13.4. The number of hydrogen-bond donors (Lipinski definition) is 1. The largest absolute Gasteiger partial charge is 0.352 e. The average molecular weight is 502 g/mol. The molecule has 0 saturated carbocycles. The van der Waals surface area contributed by atoms with Crippen molar-refractivity contribution < 1.29 is 18.0 Å². The highest BCUT2D eigenvalue weighted by Gasteiger charge is 2.29. The molecule has 0 aliphatic carbocycles. The number of amides is 2. The Bertz CT molecular complexity index is 1100. The SMILES string of the molecule is CCC(C(=O)NC(C)C)N(Cc1ccc(C)cc1)C(=O)CCCN(c1cccc(C)c1)S(C)(=O)=O. The number of hydrogen-bond acceptors (Lipinski definition) is 4. The minimum Gasteiger partial charge on any atom is -0.352 e. The van der Waals surface area contributed by atoms with Gasteiger partial charge in [-0.15, -0.1) is 0 Å². The number of sulfonamides is 1. The van der Waals surface area contributed by atoms with Crippen LogP contribution in [0.15, 0.2) is 48.5 Å². The normalized spacial score (nSPS) is 12.3. The molecule has 0 bridgehead atoms. The van der Waals surface area contributed by atoms with Crippen molar-refractivity contribution >= 4 is 27.5 Å². The highest BCUT2D eigenvalue weighted by atomic mass is 32.2. The summed E-state index contributed by atoms with van der Waals surface area (Å²) in [5, 5.41) is 2.92. The van der Waals surface area contributed by atoms with Gasteiger partial charge in [-0.1, -0.05) is 48.9 Å². The molecule has 7 nitrogen and oxygen atoms in total. The molecule has 0 aromatic heterocycles. The van der Waals surface area contributed by atoms with E-state index in [1.54, 1.807) is 11.0 Å². The van der Waals surface area contributed by atoms with E-state index in [9.17, 15) is 18.0 Å². The molecule has 0 fully saturated rings. The van der Waals surface area contributed by atoms with E-state index in [0.29, 0.717) is 25.1 Å². The summed E-state index contributed by atoms with van der Waals surface area (Å²) in [5.74, 6) is -0.352. The summed E-state index contributed by atoms with van der Waals surface area (Å²) in [7, 11) is -3.51. The Morgan fingerprint density at radius 1 is 1.00 bits per heavy atom. The Balaban J connectivity index is 2.21. The van der Waals surface area contributed by atoms with Crippen molar-refractivity contribution in [2.75, 3.05) is 17.1 Å². The third-order valence-corrected chi connectivity index (χ3v) is 6.93. The van der Waals surface area contributed by atoms with Crippen molar-refractivity contribution in [1.29, 1.82) is 0 Å². The van der Waals surface area contributed by atoms with Crippen LogP contribution in [0, 0.1) is 13.8 Å². The highest BCUT2D eigenvalue weighted by molar-refractivity contribution is 7.92. The highest BCUT2D eigenvalue weighted by Crippen LogP contribution is 2.21. The number of nitrogens with zero attached hydrogens (tertiary/aromatic N) is 2. The van der Waals surface area contributed by atoms with Gasteiger partial charge in [0.2, 0.25) is 21.8 Å². The Labute approximate surface area is 210 Å². The van der Waals surface area contributed by atoms with Gasteiger partial charge in [-0.2, -0.15) is 0 Å². The standard InChI is InChI=1S/C27H39N3O4S/c1-7-25(27(32)28-20(2)3)29(19-23-15-13-21(4)14-16-23)26(31)12-9-17-30(35(6,33)34)24-11-8-10-22(5)18-24/h8,10-11,13-16,18,20,25H,7,9,12,17,19H2,1-6H3,(H,28,32). The van der Waals surface area contributed by atoms with Crippen LogP contribution in [0.5, 0.6) is 0 Å². The van der Waals surface area contributed by atoms with Gasteiger partial charge in [0.15, 0.2) is 0 Å². The first-order chi connectivity index (χ1) is 16.4. The first-order valence-corrected chi connectivity index (χ1v) is 14.0. The quantitative estimate of drug-likeness (QED) is 0.473. The zero-order valence-corrected chi connectivity index (χ0v) is 22.6. The smallest absolute Gasteiger partial charge is 0.243 e. The third-order valence-electron chi connectivity index (χ3n) is 5.73. The van der Waals surface area contributed by atoms with Gasteiger partial charge in [0, 0.05) is 25.6 Å². The number of carbonyl (C=O) groups excluding carboxylic acids is 2. The molecule has 0 radical (unpaired) electrons. The molecule has 2 aromatic carbocycles. The summed E-state index contributed by atoms with van der Waals surface area (Å²) < 4.78 is 26.2. The second-order valence-electron chi connectivity index (χ2n) is 9.37. The van der Waals surface area contributed by atoms with Gasteiger partial charge in [-0.05, 0) is 63.8 Å². The second kappa shape index (κ2) is 12.7. The van der Waals surface area contributed by atoms with Gasteiger partial charge >= 0.3 is 0 Å². The molecule has 8 heteroatoms. The zero-order valence-electron chi connectivity index (χ0n) is 21.7. The molecule has 0 saturated heterocycles. The molecule has 1 N–H and O–H groups in total. The number of anilines is 1. The predicted molar refractivity (Wildman–Crippen MR) is 142 cm³/mol. The zero-order chi connectivity index (χ0) is 26.2. The minimum absolute atomic E-state index is 0.0366. The lowest BCUT2D eigenvalue weighted by Gasteiger charge is -2.31. The van der Waals surface area contributed by atoms with Crippen LogP contribution >= 0.6 is 0 Å². The summed E-state index contributed by atoms with van der Waals surface area (Å²) >= 11 is 0. The van der Waals surface area contributed by atoms with Crippen molar-refractivity contribution in [2.45, 2.75) is 72.5 Å². The van der Waals surface area contributed by atoms with E-state index in [2.05, 4.69) is 5.32 Å². The minimum atomic E-state index is -3.51. The lowest BCUT2D eigenvalue weighted by molar-refractivity contribution is -0.141. The van der Waals surface area contributed by atoms with E-state index >= 15 is 0 Å². The lowest BCUT2D eigenvalue weighted by atomic mass is 10.1. The number of rotatable bonds is 12. The van der Waals surface area contributed by atoms with Gasteiger partial charge in [0.1, 0.15) is 6.04 Å². The van der Waals surface area contributed by atoms with Crippen LogP contribution in [0.2, 0.25) is 0 Å². The molecule has 0 aliphatic heterocycles. The van der Waals surface area contributed by atoms with Crippen LogP contribution in [0.1, 0.15) is 56.7 Å². The van der Waals surface area contributed by atoms with Crippen LogP contribution < -0.4 is 9.62 Å². The fraction of sp³-hybridized carbons (Fsp3) is 0.481. The van der Waals surface area contributed by atoms with Crippen molar-refractivity contribution in [1.82, 2.24) is 10.2 Å². The molecule has 0 heterocycles. The van der Waals surface area contributed by atoms with Crippen LogP contribution in [0.3, 0.4) is 0 Å². The van der Waals surface area contributed by atoms with Gasteiger partial charge in [0.25, 0.3) is 0 Å². The Hall–Kier alpha value is -2.87. The topological polar surface area (TPSA) is 86.8 Å². The Morgan fingerprint density at radius 3 is 2.20 bits per heavy atom. The van der Waals surface area contributed by atoms with E-state index in [0.717, 1.165) is 16.7 Å². The molecule has 35 heavy (non-hydrogen) atoms. The first kappa shape index (κ1) is 28.4. The molecular weight excluding hydrogens is 462 g/mol. The first-order valence-electron chi connectivity index (χ1n) is 12.1. The number of aryl methyl sites for hydroxylation is 2. The van der Waals surface area contributed by atoms with Crippen molar-refractivity contribution in [3.05, 3.63) is 65.2 Å². The molecule has 0 aliphatic rings. The van der Waals surface area contributed by atoms with E-state index in [4.69, 9.17) is 0 Å². The predicted octanol–water partition coefficient (Wildman–Crippen LogP) is 4.18. The Morgan fingerprint density at radius 2 is 1.66 bits per heavy atom. The second-order valence-corrected chi connectivity index (χ2v) is 11.3. The average Bonchev–Trinajstić information content (AvgIpc) is 2.76. The number of benzene rings is 2. The number of nitrogens with one attached hydrogen (secondary N) is 1. The van der Waals surface area contributed by atoms with Gasteiger partial charge in [-0.3, -0.25) is 13.9 Å². The molecule has 1 atom stereocenters. The van der Waals surface area contributed by atoms with Gasteiger partial charge in [-0.25, -0.2) is 8.42 Å². The van der Waals surface area contributed by atoms with Crippen LogP contribution in [-0.4, -0.2) is 50.0 Å². The van der Waals surface area contributed by atoms with E-state index in [-0.39, 0.29) is 30.8 Å². The molecule has 0 spiro atoms. The molecular formula is C27H39N3O4S. The summed E-state index contributed by atoms with van der Waals surface area (Å²) in [4.78, 5) is 27.9. The maximum absolute atomic E-state index is 13.4. The summed E-state index contributed by atoms with van der Waals surface area (Å²) in [6, 6.07) is 14.5. The molecule has 2 aromatic rings. The van der Waals surface area contributed by atoms with Crippen LogP contribution in [0.25, 0.3) is 0 Å². The van der Waals surface area contributed by atoms with Crippen molar-refractivity contribution in [3.8, 4) is 0 Å². The monoisotopic (exact) mass is 501 g/mol. The molecule has 2 rings (SSSR count). The fourth-order valence-corrected chi connectivity index (χ4v) is 4.93. The molecule has 1 unspecified atom stereocenters. The van der Waals surface area contributed by atoms with Gasteiger partial charge < -0.3 is 10.2 Å². The van der Waals surface area contributed by atoms with E-state index in [1.165, 1.54) is 10.6 Å². The maximum Gasteiger partial charge on any atom is 0.243 e. The summed E-state index contributed by atoms with van der Waals surface area (Å²) in [5.41, 5.74) is 3.60. The van der Waals surface area contributed by atoms with E-state index < -0.39 is 16.1 Å².